The van der Waals surface area contributed by atoms with Crippen molar-refractivity contribution in [1.29, 1.82) is 5.26 Å². The molecule has 1 aromatic rings. The maximum absolute atomic E-state index is 12.1. The molecule has 1 saturated heterocycles. The van der Waals surface area contributed by atoms with E-state index in [0.717, 1.165) is 20.8 Å². The molecule has 170 valence electrons. The first-order valence-electron chi connectivity index (χ1n) is 9.10. The molecule has 1 heterocycles. The minimum atomic E-state index is -2.29. The van der Waals surface area contributed by atoms with Crippen LogP contribution in [0.1, 0.15) is 31.9 Å². The van der Waals surface area contributed by atoms with Gasteiger partial charge >= 0.3 is 17.9 Å². The van der Waals surface area contributed by atoms with E-state index in [4.69, 9.17) is 30.5 Å². The van der Waals surface area contributed by atoms with Crippen molar-refractivity contribution in [3.8, 4) is 6.07 Å². The molecular formula is C19H19ClN4O7S. The Morgan fingerprint density at radius 3 is 2.41 bits per heavy atom. The zero-order chi connectivity index (χ0) is 24.1. The molecule has 0 radical (unpaired) electrons. The molecule has 2 rings (SSSR count). The van der Waals surface area contributed by atoms with Crippen LogP contribution in [0.3, 0.4) is 0 Å². The van der Waals surface area contributed by atoms with E-state index in [2.05, 4.69) is 22.7 Å². The van der Waals surface area contributed by atoms with Crippen molar-refractivity contribution in [2.24, 2.45) is 5.11 Å². The molecule has 0 unspecified atom stereocenters. The van der Waals surface area contributed by atoms with E-state index < -0.39 is 52.8 Å². The van der Waals surface area contributed by atoms with E-state index in [1.807, 2.05) is 6.07 Å². The normalized spacial score (nSPS) is 29.1. The number of alkyl halides is 1. The van der Waals surface area contributed by atoms with E-state index >= 15 is 0 Å². The van der Waals surface area contributed by atoms with E-state index in [1.165, 1.54) is 12.1 Å². The monoisotopic (exact) mass is 482 g/mol. The van der Waals surface area contributed by atoms with Gasteiger partial charge in [-0.2, -0.15) is 5.26 Å². The van der Waals surface area contributed by atoms with Gasteiger partial charge in [0, 0.05) is 31.2 Å². The second-order valence-electron chi connectivity index (χ2n) is 6.77. The highest BCUT2D eigenvalue weighted by Gasteiger charge is 2.67. The number of thiol groups is 1. The lowest BCUT2D eigenvalue weighted by molar-refractivity contribution is -0.252. The summed E-state index contributed by atoms with van der Waals surface area (Å²) in [6, 6.07) is 8.04. The van der Waals surface area contributed by atoms with Crippen LogP contribution in [-0.4, -0.2) is 47.2 Å². The van der Waals surface area contributed by atoms with Crippen LogP contribution >= 0.6 is 24.2 Å². The molecule has 0 aliphatic carbocycles. The number of hydrogen-bond donors (Lipinski definition) is 1. The average Bonchev–Trinajstić information content (AvgIpc) is 2.72. The van der Waals surface area contributed by atoms with Gasteiger partial charge in [-0.25, -0.2) is 0 Å². The van der Waals surface area contributed by atoms with Gasteiger partial charge in [0.15, 0.2) is 17.8 Å². The molecule has 13 heteroatoms. The molecule has 32 heavy (non-hydrogen) atoms. The number of halogens is 1. The summed E-state index contributed by atoms with van der Waals surface area (Å²) >= 11 is 11.0. The lowest BCUT2D eigenvalue weighted by Gasteiger charge is -2.53. The number of nitriles is 1. The summed E-state index contributed by atoms with van der Waals surface area (Å²) < 4.78 is 21.9. The summed E-state index contributed by atoms with van der Waals surface area (Å²) in [7, 11) is 0. The van der Waals surface area contributed by atoms with Gasteiger partial charge in [0.25, 0.3) is 0 Å². The third-order valence-corrected chi connectivity index (χ3v) is 5.41. The molecular weight excluding hydrogens is 464 g/mol. The van der Waals surface area contributed by atoms with Crippen molar-refractivity contribution in [2.45, 2.75) is 49.0 Å². The first kappa shape index (κ1) is 25.3. The Kier molecular flexibility index (Phi) is 7.98. The number of esters is 3. The zero-order valence-electron chi connectivity index (χ0n) is 17.2. The molecule has 1 fully saturated rings. The predicted octanol–water partition coefficient (Wildman–Crippen LogP) is 2.71. The quantitative estimate of drug-likeness (QED) is 0.0945. The number of nitrogens with zero attached hydrogens (tertiary/aromatic N) is 4. The molecule has 1 aromatic carbocycles. The fourth-order valence-corrected chi connectivity index (χ4v) is 4.38. The Labute approximate surface area is 193 Å². The minimum Gasteiger partial charge on any atom is -0.462 e. The Morgan fingerprint density at radius 1 is 1.25 bits per heavy atom. The van der Waals surface area contributed by atoms with Crippen LogP contribution in [-0.2, 0) is 38.9 Å². The van der Waals surface area contributed by atoms with Gasteiger partial charge in [-0.05, 0) is 11.6 Å². The summed E-state index contributed by atoms with van der Waals surface area (Å²) in [5, 5.41) is 13.2. The molecule has 1 aliphatic rings. The van der Waals surface area contributed by atoms with Gasteiger partial charge < -0.3 is 18.9 Å². The highest BCUT2D eigenvalue weighted by Crippen LogP contribution is 2.51. The lowest BCUT2D eigenvalue weighted by atomic mass is 9.78. The first-order chi connectivity index (χ1) is 15.0. The molecule has 0 N–H and O–H groups in total. The maximum Gasteiger partial charge on any atom is 0.303 e. The number of carbonyl (C=O) groups is 3. The summed E-state index contributed by atoms with van der Waals surface area (Å²) in [6.45, 7) is 2.68. The highest BCUT2D eigenvalue weighted by atomic mass is 35.5. The van der Waals surface area contributed by atoms with Crippen LogP contribution in [0.5, 0.6) is 0 Å². The van der Waals surface area contributed by atoms with Crippen LogP contribution in [0, 0.1) is 11.3 Å². The molecule has 0 saturated carbocycles. The van der Waals surface area contributed by atoms with Crippen LogP contribution in [0.4, 0.5) is 0 Å². The van der Waals surface area contributed by atoms with Gasteiger partial charge in [-0.3, -0.25) is 14.4 Å². The van der Waals surface area contributed by atoms with E-state index in [0.29, 0.717) is 0 Å². The molecule has 11 nitrogen and oxygen atoms in total. The maximum atomic E-state index is 12.1. The van der Waals surface area contributed by atoms with Crippen LogP contribution in [0.15, 0.2) is 29.4 Å². The zero-order valence-corrected chi connectivity index (χ0v) is 18.9. The Bertz CT molecular complexity index is 1010. The van der Waals surface area contributed by atoms with E-state index in [-0.39, 0.29) is 11.1 Å². The predicted molar refractivity (Wildman–Crippen MR) is 112 cm³/mol. The molecule has 0 bridgehead atoms. The van der Waals surface area contributed by atoms with Crippen molar-refractivity contribution < 1.29 is 33.3 Å². The number of rotatable bonds is 6. The summed E-state index contributed by atoms with van der Waals surface area (Å²) in [4.78, 5) is 35.9. The highest BCUT2D eigenvalue weighted by molar-refractivity contribution is 7.80. The van der Waals surface area contributed by atoms with Gasteiger partial charge in [-0.15, -0.1) is 24.2 Å². The fourth-order valence-electron chi connectivity index (χ4n) is 3.41. The molecule has 0 aromatic heterocycles. The first-order valence-corrected chi connectivity index (χ1v) is 9.99. The second kappa shape index (κ2) is 10.1. The van der Waals surface area contributed by atoms with Gasteiger partial charge in [0.05, 0.1) is 11.6 Å². The Hall–Kier alpha value is -2.97. The van der Waals surface area contributed by atoms with Crippen LogP contribution < -0.4 is 0 Å². The smallest absolute Gasteiger partial charge is 0.303 e. The van der Waals surface area contributed by atoms with Gasteiger partial charge in [0.1, 0.15) is 12.0 Å². The molecule has 1 aliphatic heterocycles. The number of hydrogen-bond acceptors (Lipinski definition) is 10. The van der Waals surface area contributed by atoms with Crippen molar-refractivity contribution in [3.05, 3.63) is 45.8 Å². The summed E-state index contributed by atoms with van der Waals surface area (Å²) in [5.74, 6) is -2.38. The largest absolute Gasteiger partial charge is 0.462 e. The number of benzene rings is 1. The SMILES string of the molecule is CC(=O)OC[C@@]1(c2ccccc2C#N)O[C@H](S)[C@H](OC(C)=O)[C@](Cl)(N=[N+]=[N-])[C@H]1OC(C)=O. The third-order valence-electron chi connectivity index (χ3n) is 4.55. The molecule has 0 spiro atoms. The number of carbonyl (C=O) groups excluding carboxylic acids is 3. The minimum absolute atomic E-state index is 0.0724. The fraction of sp³-hybridized carbons (Fsp3) is 0.474. The Morgan fingerprint density at radius 2 is 1.88 bits per heavy atom. The topological polar surface area (TPSA) is 161 Å². The Balaban J connectivity index is 2.89. The average molecular weight is 483 g/mol. The summed E-state index contributed by atoms with van der Waals surface area (Å²) in [5.41, 5.74) is 6.11. The van der Waals surface area contributed by atoms with Crippen molar-refractivity contribution in [3.63, 3.8) is 0 Å². The molecule has 5 atom stereocenters. The number of azide groups is 1. The number of ether oxygens (including phenoxy) is 4. The van der Waals surface area contributed by atoms with E-state index in [1.54, 1.807) is 12.1 Å². The van der Waals surface area contributed by atoms with Crippen LogP contribution in [0.2, 0.25) is 0 Å². The lowest BCUT2D eigenvalue weighted by Crippen LogP contribution is -2.69. The van der Waals surface area contributed by atoms with Crippen LogP contribution in [0.25, 0.3) is 10.4 Å². The van der Waals surface area contributed by atoms with Gasteiger partial charge in [0.2, 0.25) is 5.00 Å². The molecule has 0 amide bonds. The van der Waals surface area contributed by atoms with Gasteiger partial charge in [-0.1, -0.05) is 23.3 Å². The van der Waals surface area contributed by atoms with Crippen molar-refractivity contribution in [2.75, 3.05) is 6.61 Å². The van der Waals surface area contributed by atoms with Crippen molar-refractivity contribution in [1.82, 2.24) is 0 Å². The third kappa shape index (κ3) is 4.92. The summed E-state index contributed by atoms with van der Waals surface area (Å²) in [6.07, 6.45) is -3.24. The van der Waals surface area contributed by atoms with E-state index in [9.17, 15) is 25.2 Å². The van der Waals surface area contributed by atoms with Crippen molar-refractivity contribution >= 4 is 42.1 Å². The second-order valence-corrected chi connectivity index (χ2v) is 7.89. The standard InChI is InChI=1S/C19H19ClN4O7S/c1-10(25)28-9-18(14-7-5-4-6-13(14)8-21)17(30-12(3)27)19(20,23-24-22)15(16(32)31-18)29-11(2)26/h4-7,15-17,32H,9H2,1-3H3/t15-,16+,17-,18-,19-/m0/s1.